The van der Waals surface area contributed by atoms with E-state index in [1.165, 1.54) is 45.6 Å². The van der Waals surface area contributed by atoms with Gasteiger partial charge in [0.15, 0.2) is 0 Å². The van der Waals surface area contributed by atoms with Crippen LogP contribution in [0.5, 0.6) is 0 Å². The van der Waals surface area contributed by atoms with Crippen molar-refractivity contribution in [3.8, 4) is 11.1 Å². The lowest BCUT2D eigenvalue weighted by molar-refractivity contribution is -0.137. The SMILES string of the molecule is O=C(c1cscn1)N1CCC[C@H]1C1=NC=C(c2ccc(-c3ccc(C4=CN=C([C@@H]5CCCN5C(=O)[C@@H](c5ccccc5)N5CCCCC5)C4)cc3)cc2)C1. The second-order valence-electron chi connectivity index (χ2n) is 15.2. The highest BCUT2D eigenvalue weighted by Crippen LogP contribution is 2.36. The van der Waals surface area contributed by atoms with E-state index in [2.05, 4.69) is 87.6 Å². The number of hydrogen-bond donors (Lipinski definition) is 0. The number of aliphatic imine (C=N–C) groups is 2. The third-order valence-corrected chi connectivity index (χ3v) is 12.5. The van der Waals surface area contributed by atoms with Gasteiger partial charge in [-0.05, 0) is 90.6 Å². The number of thiazole rings is 1. The summed E-state index contributed by atoms with van der Waals surface area (Å²) in [6.07, 6.45) is 13.0. The number of rotatable bonds is 9. The molecule has 0 aliphatic carbocycles. The van der Waals surface area contributed by atoms with E-state index < -0.39 is 0 Å². The predicted molar refractivity (Wildman–Crippen MR) is 217 cm³/mol. The van der Waals surface area contributed by atoms with Crippen LogP contribution in [0.4, 0.5) is 0 Å². The summed E-state index contributed by atoms with van der Waals surface area (Å²) in [6.45, 7) is 3.50. The van der Waals surface area contributed by atoms with Gasteiger partial charge in [-0.1, -0.05) is 85.3 Å². The van der Waals surface area contributed by atoms with Gasteiger partial charge in [0.25, 0.3) is 5.91 Å². The number of nitrogens with zero attached hydrogens (tertiary/aromatic N) is 6. The smallest absolute Gasteiger partial charge is 0.273 e. The maximum Gasteiger partial charge on any atom is 0.273 e. The van der Waals surface area contributed by atoms with Crippen LogP contribution in [0.1, 0.15) is 91.0 Å². The summed E-state index contributed by atoms with van der Waals surface area (Å²) in [4.78, 5) is 47.9. The summed E-state index contributed by atoms with van der Waals surface area (Å²) in [5, 5.41) is 1.83. The Morgan fingerprint density at radius 1 is 0.630 bits per heavy atom. The van der Waals surface area contributed by atoms with Crippen molar-refractivity contribution in [1.82, 2.24) is 19.7 Å². The van der Waals surface area contributed by atoms with Gasteiger partial charge in [0.1, 0.15) is 11.7 Å². The topological polar surface area (TPSA) is 81.5 Å². The first kappa shape index (κ1) is 34.8. The van der Waals surface area contributed by atoms with Gasteiger partial charge in [-0.25, -0.2) is 4.98 Å². The van der Waals surface area contributed by atoms with E-state index in [1.54, 1.807) is 5.51 Å². The molecule has 5 aliphatic heterocycles. The lowest BCUT2D eigenvalue weighted by Crippen LogP contribution is -2.48. The van der Waals surface area contributed by atoms with Gasteiger partial charge in [-0.3, -0.25) is 24.5 Å². The maximum atomic E-state index is 14.4. The minimum Gasteiger partial charge on any atom is -0.333 e. The summed E-state index contributed by atoms with van der Waals surface area (Å²) < 4.78 is 0. The Morgan fingerprint density at radius 2 is 1.19 bits per heavy atom. The molecule has 274 valence electrons. The van der Waals surface area contributed by atoms with Crippen LogP contribution >= 0.6 is 11.3 Å². The highest BCUT2D eigenvalue weighted by molar-refractivity contribution is 7.07. The molecule has 0 radical (unpaired) electrons. The Bertz CT molecular complexity index is 2110. The monoisotopic (exact) mass is 734 g/mol. The number of carbonyl (C=O) groups excluding carboxylic acids is 2. The van der Waals surface area contributed by atoms with Crippen LogP contribution < -0.4 is 0 Å². The molecule has 3 saturated heterocycles. The molecule has 9 heteroatoms. The first-order valence-corrected chi connectivity index (χ1v) is 20.6. The van der Waals surface area contributed by atoms with Crippen molar-refractivity contribution in [2.45, 2.75) is 75.9 Å². The lowest BCUT2D eigenvalue weighted by Gasteiger charge is -2.37. The van der Waals surface area contributed by atoms with Gasteiger partial charge >= 0.3 is 0 Å². The summed E-state index contributed by atoms with van der Waals surface area (Å²) >= 11 is 1.45. The molecule has 4 aromatic rings. The zero-order valence-electron chi connectivity index (χ0n) is 30.6. The fourth-order valence-corrected chi connectivity index (χ4v) is 9.61. The number of aromatic nitrogens is 1. The van der Waals surface area contributed by atoms with E-state index in [1.807, 2.05) is 28.7 Å². The van der Waals surface area contributed by atoms with Gasteiger partial charge in [-0.2, -0.15) is 0 Å². The number of allylic oxidation sites excluding steroid dienone is 2. The molecule has 2 amide bonds. The Kier molecular flexibility index (Phi) is 9.91. The van der Waals surface area contributed by atoms with E-state index in [4.69, 9.17) is 9.98 Å². The largest absolute Gasteiger partial charge is 0.333 e. The second kappa shape index (κ2) is 15.4. The normalized spacial score (nSPS) is 22.2. The van der Waals surface area contributed by atoms with E-state index in [0.717, 1.165) is 100 Å². The average Bonchev–Trinajstić information content (AvgIpc) is 4.08. The van der Waals surface area contributed by atoms with E-state index in [-0.39, 0.29) is 29.9 Å². The summed E-state index contributed by atoms with van der Waals surface area (Å²) in [7, 11) is 0. The van der Waals surface area contributed by atoms with Crippen LogP contribution in [0.2, 0.25) is 0 Å². The molecule has 5 aliphatic rings. The van der Waals surface area contributed by atoms with E-state index in [9.17, 15) is 9.59 Å². The highest BCUT2D eigenvalue weighted by atomic mass is 32.1. The van der Waals surface area contributed by atoms with E-state index in [0.29, 0.717) is 5.69 Å². The fourth-order valence-electron chi connectivity index (χ4n) is 9.09. The van der Waals surface area contributed by atoms with Crippen LogP contribution in [0.25, 0.3) is 22.3 Å². The Balaban J connectivity index is 0.818. The fraction of sp³-hybridized carbons (Fsp3) is 0.356. The van der Waals surface area contributed by atoms with Crippen molar-refractivity contribution in [1.29, 1.82) is 0 Å². The predicted octanol–water partition coefficient (Wildman–Crippen LogP) is 8.70. The van der Waals surface area contributed by atoms with Crippen molar-refractivity contribution in [3.63, 3.8) is 0 Å². The molecule has 3 atom stereocenters. The summed E-state index contributed by atoms with van der Waals surface area (Å²) in [6, 6.07) is 27.8. The molecule has 8 nitrogen and oxygen atoms in total. The molecule has 9 rings (SSSR count). The Labute approximate surface area is 321 Å². The molecule has 3 fully saturated rings. The zero-order chi connectivity index (χ0) is 36.4. The molecular weight excluding hydrogens is 689 g/mol. The molecule has 54 heavy (non-hydrogen) atoms. The first-order valence-electron chi connectivity index (χ1n) is 19.6. The van der Waals surface area contributed by atoms with Gasteiger partial charge in [0.05, 0.1) is 17.6 Å². The van der Waals surface area contributed by atoms with Crippen molar-refractivity contribution in [2.24, 2.45) is 9.98 Å². The number of hydrogen-bond acceptors (Lipinski definition) is 7. The second-order valence-corrected chi connectivity index (χ2v) is 15.9. The highest BCUT2D eigenvalue weighted by Gasteiger charge is 2.40. The molecule has 1 aromatic heterocycles. The van der Waals surface area contributed by atoms with Crippen LogP contribution in [0.15, 0.2) is 112 Å². The van der Waals surface area contributed by atoms with Crippen LogP contribution in [-0.4, -0.2) is 81.2 Å². The van der Waals surface area contributed by atoms with Gasteiger partial charge < -0.3 is 9.80 Å². The number of benzene rings is 3. The number of carbonyl (C=O) groups is 2. The molecule has 0 spiro atoms. The number of likely N-dealkylation sites (tertiary alicyclic amines) is 3. The average molecular weight is 735 g/mol. The molecular formula is C45H46N6O2S. The number of amides is 2. The van der Waals surface area contributed by atoms with Gasteiger partial charge in [0.2, 0.25) is 5.91 Å². The Hall–Kier alpha value is -4.99. The lowest BCUT2D eigenvalue weighted by atomic mass is 9.94. The molecule has 0 saturated carbocycles. The standard InChI is InChI=1S/C45H46N6O2S/c52-44(40-29-54-30-48-40)50-23-7-11-41(50)38-25-36(27-46-38)33-17-13-31(14-18-33)32-15-19-34(20-16-32)37-26-39(47-28-37)42-12-8-24-51(42)45(53)43(35-9-3-1-4-10-35)49-21-5-2-6-22-49/h1,3-4,9-10,13-20,27-30,41-43H,2,5-8,11-12,21-26H2/t41-,42-,43+/m0/s1. The summed E-state index contributed by atoms with van der Waals surface area (Å²) in [5.74, 6) is 0.240. The van der Waals surface area contributed by atoms with Crippen molar-refractivity contribution < 1.29 is 9.59 Å². The third kappa shape index (κ3) is 6.91. The van der Waals surface area contributed by atoms with Crippen molar-refractivity contribution in [3.05, 3.63) is 125 Å². The zero-order valence-corrected chi connectivity index (χ0v) is 31.5. The third-order valence-electron chi connectivity index (χ3n) is 11.9. The van der Waals surface area contributed by atoms with Gasteiger partial charge in [0, 0.05) is 55.1 Å². The quantitative estimate of drug-likeness (QED) is 0.172. The first-order chi connectivity index (χ1) is 26.6. The molecule has 0 N–H and O–H groups in total. The molecule has 6 heterocycles. The maximum absolute atomic E-state index is 14.4. The van der Waals surface area contributed by atoms with E-state index >= 15 is 0 Å². The van der Waals surface area contributed by atoms with Crippen LogP contribution in [0, 0.1) is 0 Å². The van der Waals surface area contributed by atoms with Gasteiger partial charge in [-0.15, -0.1) is 11.3 Å². The molecule has 0 bridgehead atoms. The minimum atomic E-state index is -0.224. The molecule has 3 aromatic carbocycles. The van der Waals surface area contributed by atoms with Crippen LogP contribution in [0.3, 0.4) is 0 Å². The number of piperidine rings is 1. The van der Waals surface area contributed by atoms with Crippen LogP contribution in [-0.2, 0) is 4.79 Å². The Morgan fingerprint density at radius 3 is 1.76 bits per heavy atom. The minimum absolute atomic E-state index is 0.00944. The van der Waals surface area contributed by atoms with Crippen molar-refractivity contribution in [2.75, 3.05) is 26.2 Å². The van der Waals surface area contributed by atoms with Crippen molar-refractivity contribution >= 4 is 45.7 Å². The summed E-state index contributed by atoms with van der Waals surface area (Å²) in [5.41, 5.74) is 12.6. The molecule has 0 unspecified atom stereocenters.